The molecule has 0 aromatic heterocycles. The van der Waals surface area contributed by atoms with Crippen LogP contribution in [0.4, 0.5) is 0 Å². The number of carbonyl (C=O) groups excluding carboxylic acids is 1. The Balaban J connectivity index is 0.000000257. The zero-order valence-electron chi connectivity index (χ0n) is 13.3. The summed E-state index contributed by atoms with van der Waals surface area (Å²) in [5.74, 6) is 0.0926. The highest BCUT2D eigenvalue weighted by molar-refractivity contribution is 5.72. The number of rotatable bonds is 0. The van der Waals surface area contributed by atoms with Gasteiger partial charge < -0.3 is 19.4 Å². The average molecular weight is 273 g/mol. The second kappa shape index (κ2) is 11.2. The molecule has 5 heteroatoms. The van der Waals surface area contributed by atoms with Crippen molar-refractivity contribution in [3.63, 3.8) is 0 Å². The third-order valence-electron chi connectivity index (χ3n) is 3.19. The van der Waals surface area contributed by atoms with E-state index in [0.717, 1.165) is 26.3 Å². The summed E-state index contributed by atoms with van der Waals surface area (Å²) in [5.41, 5.74) is 0. The van der Waals surface area contributed by atoms with Gasteiger partial charge in [-0.2, -0.15) is 0 Å². The van der Waals surface area contributed by atoms with Crippen molar-refractivity contribution in [1.82, 2.24) is 14.7 Å². The van der Waals surface area contributed by atoms with Crippen LogP contribution in [0.25, 0.3) is 0 Å². The summed E-state index contributed by atoms with van der Waals surface area (Å²) in [5, 5.41) is 0. The second-order valence-electron chi connectivity index (χ2n) is 5.34. The molecule has 2 heterocycles. The van der Waals surface area contributed by atoms with Crippen LogP contribution in [0.15, 0.2) is 0 Å². The van der Waals surface area contributed by atoms with Gasteiger partial charge in [-0.25, -0.2) is 0 Å². The van der Waals surface area contributed by atoms with Crippen molar-refractivity contribution < 1.29 is 9.53 Å². The molecule has 0 N–H and O–H groups in total. The lowest BCUT2D eigenvalue weighted by molar-refractivity contribution is -0.126. The number of ether oxygens (including phenoxy) is 1. The first-order chi connectivity index (χ1) is 8.93. The van der Waals surface area contributed by atoms with Crippen LogP contribution in [0.5, 0.6) is 0 Å². The molecule has 114 valence electrons. The molecule has 2 aliphatic heterocycles. The average Bonchev–Trinajstić information content (AvgIpc) is 2.83. The number of carbonyl (C=O) groups is 1. The minimum atomic E-state index is 0.0926. The number of hydrogen-bond acceptors (Lipinski definition) is 4. The molecule has 0 aromatic rings. The van der Waals surface area contributed by atoms with E-state index in [2.05, 4.69) is 23.9 Å². The largest absolute Gasteiger partial charge is 0.379 e. The lowest BCUT2D eigenvalue weighted by Crippen LogP contribution is -2.32. The molecule has 0 radical (unpaired) electrons. The second-order valence-corrected chi connectivity index (χ2v) is 5.34. The number of hydrogen-bond donors (Lipinski definition) is 0. The standard InChI is InChI=1S/C5H11NO.C5H11N.C4H9NO/c1-6-2-4-7-5-3-6;1-6-4-2-3-5-6;1-4(6)5(2)3/h2-5H2,1H3;2-5H2,1H3;1-3H3. The molecule has 0 atom stereocenters. The third kappa shape index (κ3) is 12.1. The number of likely N-dealkylation sites (tertiary alicyclic amines) is 1. The van der Waals surface area contributed by atoms with Crippen LogP contribution < -0.4 is 0 Å². The minimum absolute atomic E-state index is 0.0926. The molecule has 2 saturated heterocycles. The quantitative estimate of drug-likeness (QED) is 0.653. The number of likely N-dealkylation sites (N-methyl/N-ethyl adjacent to an activating group) is 1. The predicted octanol–water partition coefficient (Wildman–Crippen LogP) is 0.755. The Bertz CT molecular complexity index is 223. The fourth-order valence-electron chi connectivity index (χ4n) is 1.53. The molecule has 0 unspecified atom stereocenters. The molecule has 5 nitrogen and oxygen atoms in total. The van der Waals surface area contributed by atoms with Crippen molar-refractivity contribution in [3.8, 4) is 0 Å². The van der Waals surface area contributed by atoms with Gasteiger partial charge in [0, 0.05) is 34.1 Å². The third-order valence-corrected chi connectivity index (χ3v) is 3.19. The van der Waals surface area contributed by atoms with Crippen molar-refractivity contribution in [2.75, 3.05) is 67.6 Å². The van der Waals surface area contributed by atoms with E-state index in [-0.39, 0.29) is 5.91 Å². The van der Waals surface area contributed by atoms with E-state index >= 15 is 0 Å². The van der Waals surface area contributed by atoms with Crippen LogP contribution >= 0.6 is 0 Å². The Morgan fingerprint density at radius 1 is 0.947 bits per heavy atom. The van der Waals surface area contributed by atoms with Crippen molar-refractivity contribution in [1.29, 1.82) is 0 Å². The monoisotopic (exact) mass is 273 g/mol. The van der Waals surface area contributed by atoms with Crippen molar-refractivity contribution in [2.24, 2.45) is 0 Å². The van der Waals surface area contributed by atoms with Gasteiger partial charge in [0.15, 0.2) is 0 Å². The van der Waals surface area contributed by atoms with Crippen LogP contribution in [-0.2, 0) is 9.53 Å². The van der Waals surface area contributed by atoms with Crippen molar-refractivity contribution in [2.45, 2.75) is 19.8 Å². The Hall–Kier alpha value is -0.650. The molecule has 19 heavy (non-hydrogen) atoms. The number of nitrogens with zero attached hydrogens (tertiary/aromatic N) is 3. The summed E-state index contributed by atoms with van der Waals surface area (Å²) < 4.78 is 5.10. The summed E-state index contributed by atoms with van der Waals surface area (Å²) >= 11 is 0. The molecular formula is C14H31N3O2. The van der Waals surface area contributed by atoms with Gasteiger partial charge in [-0.1, -0.05) is 0 Å². The van der Waals surface area contributed by atoms with E-state index in [0.29, 0.717) is 0 Å². The van der Waals surface area contributed by atoms with Crippen LogP contribution in [0, 0.1) is 0 Å². The maximum Gasteiger partial charge on any atom is 0.218 e. The number of morpholine rings is 1. The zero-order valence-corrected chi connectivity index (χ0v) is 13.3. The fourth-order valence-corrected chi connectivity index (χ4v) is 1.53. The Morgan fingerprint density at radius 2 is 1.32 bits per heavy atom. The first kappa shape index (κ1) is 18.4. The predicted molar refractivity (Wildman–Crippen MR) is 79.4 cm³/mol. The highest BCUT2D eigenvalue weighted by atomic mass is 16.5. The van der Waals surface area contributed by atoms with Gasteiger partial charge in [-0.05, 0) is 40.0 Å². The van der Waals surface area contributed by atoms with E-state index in [4.69, 9.17) is 4.74 Å². The van der Waals surface area contributed by atoms with Crippen molar-refractivity contribution >= 4 is 5.91 Å². The molecule has 2 aliphatic rings. The van der Waals surface area contributed by atoms with Gasteiger partial charge in [-0.3, -0.25) is 4.79 Å². The van der Waals surface area contributed by atoms with E-state index < -0.39 is 0 Å². The maximum atomic E-state index is 10.1. The first-order valence-electron chi connectivity index (χ1n) is 7.06. The van der Waals surface area contributed by atoms with Crippen LogP contribution in [0.3, 0.4) is 0 Å². The smallest absolute Gasteiger partial charge is 0.218 e. The fraction of sp³-hybridized carbons (Fsp3) is 0.929. The van der Waals surface area contributed by atoms with Crippen molar-refractivity contribution in [3.05, 3.63) is 0 Å². The lowest BCUT2D eigenvalue weighted by Gasteiger charge is -2.21. The molecule has 2 rings (SSSR count). The van der Waals surface area contributed by atoms with E-state index in [1.165, 1.54) is 37.8 Å². The summed E-state index contributed by atoms with van der Waals surface area (Å²) in [6.45, 7) is 8.19. The van der Waals surface area contributed by atoms with Gasteiger partial charge in [-0.15, -0.1) is 0 Å². The SMILES string of the molecule is CC(=O)N(C)C.CN1CCCC1.CN1CCOCC1. The normalized spacial score (nSPS) is 19.8. The molecule has 2 fully saturated rings. The van der Waals surface area contributed by atoms with Gasteiger partial charge in [0.1, 0.15) is 0 Å². The van der Waals surface area contributed by atoms with Gasteiger partial charge in [0.05, 0.1) is 13.2 Å². The number of amides is 1. The molecule has 0 bridgehead atoms. The molecule has 0 saturated carbocycles. The summed E-state index contributed by atoms with van der Waals surface area (Å²) in [6.07, 6.45) is 2.83. The van der Waals surface area contributed by atoms with Gasteiger partial charge in [0.2, 0.25) is 5.91 Å². The van der Waals surface area contributed by atoms with Crippen LogP contribution in [0.2, 0.25) is 0 Å². The summed E-state index contributed by atoms with van der Waals surface area (Å²) in [6, 6.07) is 0. The van der Waals surface area contributed by atoms with Crippen LogP contribution in [-0.4, -0.2) is 88.2 Å². The van der Waals surface area contributed by atoms with E-state index in [1.54, 1.807) is 14.1 Å². The highest BCUT2D eigenvalue weighted by Gasteiger charge is 2.03. The lowest BCUT2D eigenvalue weighted by atomic mass is 10.4. The zero-order chi connectivity index (χ0) is 14.7. The van der Waals surface area contributed by atoms with E-state index in [9.17, 15) is 4.79 Å². The summed E-state index contributed by atoms with van der Waals surface area (Å²) in [4.78, 5) is 16.2. The molecule has 0 aromatic carbocycles. The first-order valence-corrected chi connectivity index (χ1v) is 7.06. The topological polar surface area (TPSA) is 36.0 Å². The molecule has 1 amide bonds. The van der Waals surface area contributed by atoms with Gasteiger partial charge in [0.25, 0.3) is 0 Å². The Morgan fingerprint density at radius 3 is 1.47 bits per heavy atom. The van der Waals surface area contributed by atoms with Gasteiger partial charge >= 0.3 is 0 Å². The molecule has 0 spiro atoms. The molecular weight excluding hydrogens is 242 g/mol. The highest BCUT2D eigenvalue weighted by Crippen LogP contribution is 2.02. The summed E-state index contributed by atoms with van der Waals surface area (Å²) in [7, 11) is 7.74. The Labute approximate surface area is 118 Å². The minimum Gasteiger partial charge on any atom is -0.379 e. The molecule has 0 aliphatic carbocycles. The Kier molecular flexibility index (Phi) is 10.8. The van der Waals surface area contributed by atoms with E-state index in [1.807, 2.05) is 0 Å². The maximum absolute atomic E-state index is 10.1. The van der Waals surface area contributed by atoms with Crippen LogP contribution in [0.1, 0.15) is 19.8 Å².